The van der Waals surface area contributed by atoms with Crippen LogP contribution in [0.15, 0.2) is 23.3 Å². The molecule has 2 rings (SSSR count). The van der Waals surface area contributed by atoms with Crippen LogP contribution in [0.2, 0.25) is 0 Å². The van der Waals surface area contributed by atoms with Gasteiger partial charge < -0.3 is 4.90 Å². The number of aliphatic imine (C=N–C) groups is 1. The van der Waals surface area contributed by atoms with Gasteiger partial charge >= 0.3 is 0 Å². The lowest BCUT2D eigenvalue weighted by Crippen LogP contribution is -2.36. The molecule has 2 heterocycles. The Morgan fingerprint density at radius 2 is 2.46 bits per heavy atom. The van der Waals surface area contributed by atoms with E-state index in [4.69, 9.17) is 5.73 Å². The second-order valence-corrected chi connectivity index (χ2v) is 3.05. The summed E-state index contributed by atoms with van der Waals surface area (Å²) >= 11 is 0. The van der Waals surface area contributed by atoms with Gasteiger partial charge in [-0.15, -0.1) is 0 Å². The summed E-state index contributed by atoms with van der Waals surface area (Å²) in [5, 5.41) is 0. The highest BCUT2D eigenvalue weighted by Gasteiger charge is 2.16. The molecule has 1 aliphatic heterocycles. The van der Waals surface area contributed by atoms with E-state index < -0.39 is 0 Å². The van der Waals surface area contributed by atoms with Gasteiger partial charge in [-0.3, -0.25) is 15.7 Å². The molecule has 0 aliphatic carbocycles. The van der Waals surface area contributed by atoms with E-state index in [1.807, 2.05) is 30.2 Å². The molecule has 68 valence electrons. The highest BCUT2D eigenvalue weighted by atomic mass is 15.3. The Morgan fingerprint density at radius 3 is 3.08 bits per heavy atom. The first-order valence-electron chi connectivity index (χ1n) is 4.24. The Morgan fingerprint density at radius 1 is 1.62 bits per heavy atom. The lowest BCUT2D eigenvalue weighted by atomic mass is 10.3. The smallest absolute Gasteiger partial charge is 0.173 e. The molecule has 0 fully saturated rings. The molecule has 0 saturated carbocycles. The Balaban J connectivity index is 2.26. The first-order chi connectivity index (χ1) is 6.27. The van der Waals surface area contributed by atoms with Crippen LogP contribution < -0.4 is 10.6 Å². The van der Waals surface area contributed by atoms with Crippen molar-refractivity contribution in [3.8, 4) is 0 Å². The Hall–Kier alpha value is -1.42. The zero-order valence-electron chi connectivity index (χ0n) is 7.51. The van der Waals surface area contributed by atoms with Crippen LogP contribution in [0.25, 0.3) is 0 Å². The number of hydrogen-bond donors (Lipinski definition) is 1. The highest BCUT2D eigenvalue weighted by Crippen LogP contribution is 2.17. The van der Waals surface area contributed by atoms with E-state index in [1.54, 1.807) is 6.20 Å². The quantitative estimate of drug-likeness (QED) is 0.678. The molecule has 2 N–H and O–H groups in total. The summed E-state index contributed by atoms with van der Waals surface area (Å²) in [6, 6.07) is 3.95. The van der Waals surface area contributed by atoms with Gasteiger partial charge in [0.1, 0.15) is 0 Å². The minimum Gasteiger partial charge on any atom is -0.332 e. The maximum atomic E-state index is 5.77. The van der Waals surface area contributed by atoms with Crippen molar-refractivity contribution in [1.82, 2.24) is 4.98 Å². The molecule has 1 aliphatic rings. The van der Waals surface area contributed by atoms with E-state index in [0.29, 0.717) is 0 Å². The monoisotopic (exact) mass is 176 g/mol. The lowest BCUT2D eigenvalue weighted by molar-refractivity contribution is 0.710. The van der Waals surface area contributed by atoms with Gasteiger partial charge in [0.15, 0.2) is 6.29 Å². The van der Waals surface area contributed by atoms with Gasteiger partial charge in [-0.1, -0.05) is 0 Å². The standard InChI is InChI=1S/C9H12N4/c1-7-6-8(2-3-11-7)13-5-4-12-9(13)10/h2-4,6,9H,5,10H2,1H3. The van der Waals surface area contributed by atoms with E-state index >= 15 is 0 Å². The van der Waals surface area contributed by atoms with Gasteiger partial charge in [-0.05, 0) is 19.1 Å². The Kier molecular flexibility index (Phi) is 1.98. The number of anilines is 1. The summed E-state index contributed by atoms with van der Waals surface area (Å²) in [6.07, 6.45) is 3.39. The molecule has 0 aromatic carbocycles. The molecule has 0 amide bonds. The van der Waals surface area contributed by atoms with E-state index in [1.165, 1.54) is 0 Å². The van der Waals surface area contributed by atoms with Gasteiger partial charge in [-0.2, -0.15) is 0 Å². The van der Waals surface area contributed by atoms with Crippen molar-refractivity contribution < 1.29 is 0 Å². The van der Waals surface area contributed by atoms with Crippen molar-refractivity contribution in [1.29, 1.82) is 0 Å². The first-order valence-corrected chi connectivity index (χ1v) is 4.24. The van der Waals surface area contributed by atoms with Gasteiger partial charge in [-0.25, -0.2) is 0 Å². The van der Waals surface area contributed by atoms with Gasteiger partial charge in [0.2, 0.25) is 0 Å². The summed E-state index contributed by atoms with van der Waals surface area (Å²) in [7, 11) is 0. The number of rotatable bonds is 1. The molecule has 1 atom stereocenters. The highest BCUT2D eigenvalue weighted by molar-refractivity contribution is 5.70. The minimum absolute atomic E-state index is 0.234. The van der Waals surface area contributed by atoms with Crippen molar-refractivity contribution in [3.63, 3.8) is 0 Å². The SMILES string of the molecule is Cc1cc(N2CC=NC2N)ccn1. The molecule has 0 bridgehead atoms. The number of aromatic nitrogens is 1. The largest absolute Gasteiger partial charge is 0.332 e. The van der Waals surface area contributed by atoms with Crippen LogP contribution in [0, 0.1) is 6.92 Å². The van der Waals surface area contributed by atoms with E-state index in [0.717, 1.165) is 17.9 Å². The fourth-order valence-electron chi connectivity index (χ4n) is 1.40. The number of nitrogens with zero attached hydrogens (tertiary/aromatic N) is 3. The average Bonchev–Trinajstić information content (AvgIpc) is 2.51. The number of pyridine rings is 1. The molecule has 4 heteroatoms. The fraction of sp³-hybridized carbons (Fsp3) is 0.333. The molecule has 0 saturated heterocycles. The van der Waals surface area contributed by atoms with Gasteiger partial charge in [0, 0.05) is 23.8 Å². The zero-order valence-corrected chi connectivity index (χ0v) is 7.51. The number of nitrogens with two attached hydrogens (primary N) is 1. The normalized spacial score (nSPS) is 21.1. The molecule has 1 unspecified atom stereocenters. The molecule has 13 heavy (non-hydrogen) atoms. The predicted octanol–water partition coefficient (Wildman–Crippen LogP) is 0.523. The van der Waals surface area contributed by atoms with E-state index in [2.05, 4.69) is 9.98 Å². The summed E-state index contributed by atoms with van der Waals surface area (Å²) in [6.45, 7) is 2.75. The van der Waals surface area contributed by atoms with Crippen LogP contribution in [0.5, 0.6) is 0 Å². The third kappa shape index (κ3) is 1.53. The third-order valence-corrected chi connectivity index (χ3v) is 2.07. The summed E-state index contributed by atoms with van der Waals surface area (Å²) < 4.78 is 0. The van der Waals surface area contributed by atoms with Crippen molar-refractivity contribution in [2.45, 2.75) is 13.2 Å². The molecule has 0 spiro atoms. The van der Waals surface area contributed by atoms with Gasteiger partial charge in [0.05, 0.1) is 6.54 Å². The maximum Gasteiger partial charge on any atom is 0.173 e. The summed E-state index contributed by atoms with van der Waals surface area (Å²) in [4.78, 5) is 10.2. The van der Waals surface area contributed by atoms with Crippen LogP contribution in [-0.4, -0.2) is 24.0 Å². The molecule has 0 radical (unpaired) electrons. The summed E-state index contributed by atoms with van der Waals surface area (Å²) in [5.41, 5.74) is 7.85. The van der Waals surface area contributed by atoms with Crippen LogP contribution in [0.4, 0.5) is 5.69 Å². The average molecular weight is 176 g/mol. The predicted molar refractivity (Wildman–Crippen MR) is 52.8 cm³/mol. The maximum absolute atomic E-state index is 5.77. The second kappa shape index (κ2) is 3.14. The van der Waals surface area contributed by atoms with Crippen molar-refractivity contribution in [2.75, 3.05) is 11.4 Å². The van der Waals surface area contributed by atoms with Crippen LogP contribution in [-0.2, 0) is 0 Å². The third-order valence-electron chi connectivity index (χ3n) is 2.07. The minimum atomic E-state index is -0.234. The molecule has 1 aromatic rings. The van der Waals surface area contributed by atoms with Crippen LogP contribution in [0.3, 0.4) is 0 Å². The van der Waals surface area contributed by atoms with Crippen LogP contribution >= 0.6 is 0 Å². The zero-order chi connectivity index (χ0) is 9.26. The second-order valence-electron chi connectivity index (χ2n) is 3.05. The Labute approximate surface area is 77.1 Å². The molecular weight excluding hydrogens is 164 g/mol. The summed E-state index contributed by atoms with van der Waals surface area (Å²) in [5.74, 6) is 0. The Bertz CT molecular complexity index is 334. The van der Waals surface area contributed by atoms with Crippen LogP contribution in [0.1, 0.15) is 5.69 Å². The molecule has 4 nitrogen and oxygen atoms in total. The number of aryl methyl sites for hydroxylation is 1. The van der Waals surface area contributed by atoms with Crippen molar-refractivity contribution in [2.24, 2.45) is 10.7 Å². The number of hydrogen-bond acceptors (Lipinski definition) is 4. The van der Waals surface area contributed by atoms with Crippen molar-refractivity contribution in [3.05, 3.63) is 24.0 Å². The lowest BCUT2D eigenvalue weighted by Gasteiger charge is -2.21. The van der Waals surface area contributed by atoms with Gasteiger partial charge in [0.25, 0.3) is 0 Å². The van der Waals surface area contributed by atoms with E-state index in [-0.39, 0.29) is 6.29 Å². The first kappa shape index (κ1) is 8.19. The van der Waals surface area contributed by atoms with E-state index in [9.17, 15) is 0 Å². The molecular formula is C9H12N4. The fourth-order valence-corrected chi connectivity index (χ4v) is 1.40. The molecule has 1 aromatic heterocycles. The topological polar surface area (TPSA) is 54.5 Å². The van der Waals surface area contributed by atoms with Crippen molar-refractivity contribution >= 4 is 11.9 Å².